The van der Waals surface area contributed by atoms with Crippen LogP contribution >= 0.6 is 0 Å². The van der Waals surface area contributed by atoms with E-state index in [0.29, 0.717) is 25.9 Å². The van der Waals surface area contributed by atoms with E-state index in [4.69, 9.17) is 5.73 Å². The molecule has 6 heteroatoms. The van der Waals surface area contributed by atoms with E-state index in [0.717, 1.165) is 11.3 Å². The van der Waals surface area contributed by atoms with Crippen LogP contribution in [0.1, 0.15) is 18.4 Å². The highest BCUT2D eigenvalue weighted by Gasteiger charge is 2.19. The summed E-state index contributed by atoms with van der Waals surface area (Å²) in [4.78, 5) is 22.8. The molecule has 0 aliphatic carbocycles. The molecule has 2 rings (SSSR count). The lowest BCUT2D eigenvalue weighted by Gasteiger charge is -2.23. The van der Waals surface area contributed by atoms with Gasteiger partial charge in [0.15, 0.2) is 0 Å². The fraction of sp³-hybridized carbons (Fsp3) is 0.385. The zero-order chi connectivity index (χ0) is 13.7. The standard InChI is InChI=1S/C13H18N4O2/c14-7-9-1-3-10(4-2-9)16-13(19)17-11-5-6-12(18)15-8-11/h1-4,11H,5-8,14H2,(H,15,18)(H2,16,17,19). The van der Waals surface area contributed by atoms with Crippen molar-refractivity contribution in [3.8, 4) is 0 Å². The van der Waals surface area contributed by atoms with Crippen LogP contribution in [0.3, 0.4) is 0 Å². The first-order valence-corrected chi connectivity index (χ1v) is 6.30. The molecule has 0 bridgehead atoms. The van der Waals surface area contributed by atoms with Gasteiger partial charge in [-0.3, -0.25) is 4.79 Å². The van der Waals surface area contributed by atoms with Crippen LogP contribution in [0.25, 0.3) is 0 Å². The van der Waals surface area contributed by atoms with Crippen LogP contribution in [0.5, 0.6) is 0 Å². The second kappa shape index (κ2) is 6.19. The summed E-state index contributed by atoms with van der Waals surface area (Å²) in [5.74, 6) is 0.0378. The monoisotopic (exact) mass is 262 g/mol. The van der Waals surface area contributed by atoms with E-state index in [1.54, 1.807) is 0 Å². The van der Waals surface area contributed by atoms with Crippen LogP contribution in [-0.2, 0) is 11.3 Å². The SMILES string of the molecule is NCc1ccc(NC(=O)NC2CCC(=O)NC2)cc1. The minimum atomic E-state index is -0.262. The van der Waals surface area contributed by atoms with Gasteiger partial charge in [0.2, 0.25) is 5.91 Å². The Labute approximate surface area is 111 Å². The number of nitrogens with one attached hydrogen (secondary N) is 3. The molecule has 102 valence electrons. The minimum absolute atomic E-state index is 0.0129. The number of urea groups is 1. The molecule has 1 atom stereocenters. The van der Waals surface area contributed by atoms with Crippen molar-refractivity contribution in [3.05, 3.63) is 29.8 Å². The molecule has 19 heavy (non-hydrogen) atoms. The molecule has 0 radical (unpaired) electrons. The molecule has 6 nitrogen and oxygen atoms in total. The number of rotatable bonds is 3. The highest BCUT2D eigenvalue weighted by atomic mass is 16.2. The van der Waals surface area contributed by atoms with Gasteiger partial charge in [-0.1, -0.05) is 12.1 Å². The Morgan fingerprint density at radius 3 is 2.68 bits per heavy atom. The van der Waals surface area contributed by atoms with Crippen molar-refractivity contribution < 1.29 is 9.59 Å². The van der Waals surface area contributed by atoms with Crippen LogP contribution in [0, 0.1) is 0 Å². The zero-order valence-electron chi connectivity index (χ0n) is 10.6. The predicted octanol–water partition coefficient (Wildman–Crippen LogP) is 0.545. The van der Waals surface area contributed by atoms with Gasteiger partial charge in [-0.15, -0.1) is 0 Å². The third-order valence-electron chi connectivity index (χ3n) is 3.05. The summed E-state index contributed by atoms with van der Waals surface area (Å²) in [7, 11) is 0. The quantitative estimate of drug-likeness (QED) is 0.640. The Morgan fingerprint density at radius 1 is 1.37 bits per heavy atom. The second-order valence-electron chi connectivity index (χ2n) is 4.54. The molecule has 1 aromatic carbocycles. The predicted molar refractivity (Wildman–Crippen MR) is 72.5 cm³/mol. The molecule has 3 amide bonds. The lowest BCUT2D eigenvalue weighted by molar-refractivity contribution is -0.122. The largest absolute Gasteiger partial charge is 0.354 e. The summed E-state index contributed by atoms with van der Waals surface area (Å²) in [6.07, 6.45) is 1.13. The summed E-state index contributed by atoms with van der Waals surface area (Å²) in [6, 6.07) is 7.09. The van der Waals surface area contributed by atoms with Gasteiger partial charge in [0, 0.05) is 31.2 Å². The van der Waals surface area contributed by atoms with Crippen molar-refractivity contribution >= 4 is 17.6 Å². The Balaban J connectivity index is 1.81. The van der Waals surface area contributed by atoms with E-state index >= 15 is 0 Å². The summed E-state index contributed by atoms with van der Waals surface area (Å²) >= 11 is 0. The van der Waals surface area contributed by atoms with Crippen LogP contribution in [0.2, 0.25) is 0 Å². The van der Waals surface area contributed by atoms with Crippen molar-refractivity contribution in [2.24, 2.45) is 5.73 Å². The van der Waals surface area contributed by atoms with Crippen molar-refractivity contribution in [2.45, 2.75) is 25.4 Å². The number of carbonyl (C=O) groups excluding carboxylic acids is 2. The zero-order valence-corrected chi connectivity index (χ0v) is 10.6. The summed E-state index contributed by atoms with van der Waals surface area (Å²) in [5, 5.41) is 8.30. The number of benzene rings is 1. The molecule has 0 saturated carbocycles. The van der Waals surface area contributed by atoms with E-state index in [1.807, 2.05) is 24.3 Å². The topological polar surface area (TPSA) is 96.2 Å². The van der Waals surface area contributed by atoms with Gasteiger partial charge in [0.1, 0.15) is 0 Å². The number of amides is 3. The van der Waals surface area contributed by atoms with E-state index in [9.17, 15) is 9.59 Å². The first-order chi connectivity index (χ1) is 9.17. The second-order valence-corrected chi connectivity index (χ2v) is 4.54. The number of piperidine rings is 1. The lowest BCUT2D eigenvalue weighted by atomic mass is 10.1. The smallest absolute Gasteiger partial charge is 0.319 e. The molecule has 0 spiro atoms. The van der Waals surface area contributed by atoms with Crippen molar-refractivity contribution in [1.29, 1.82) is 0 Å². The van der Waals surface area contributed by atoms with Gasteiger partial charge in [0.05, 0.1) is 0 Å². The van der Waals surface area contributed by atoms with E-state index < -0.39 is 0 Å². The van der Waals surface area contributed by atoms with Crippen LogP contribution in [0.15, 0.2) is 24.3 Å². The van der Waals surface area contributed by atoms with Gasteiger partial charge in [-0.25, -0.2) is 4.79 Å². The fourth-order valence-electron chi connectivity index (χ4n) is 1.93. The Hall–Kier alpha value is -2.08. The number of nitrogens with two attached hydrogens (primary N) is 1. The molecular weight excluding hydrogens is 244 g/mol. The molecule has 1 aliphatic rings. The average Bonchev–Trinajstić information content (AvgIpc) is 2.42. The van der Waals surface area contributed by atoms with Crippen LogP contribution < -0.4 is 21.7 Å². The Kier molecular flexibility index (Phi) is 4.35. The maximum atomic E-state index is 11.8. The van der Waals surface area contributed by atoms with Crippen LogP contribution in [0.4, 0.5) is 10.5 Å². The van der Waals surface area contributed by atoms with Gasteiger partial charge >= 0.3 is 6.03 Å². The van der Waals surface area contributed by atoms with E-state index in [2.05, 4.69) is 16.0 Å². The molecule has 1 heterocycles. The highest BCUT2D eigenvalue weighted by molar-refractivity contribution is 5.89. The van der Waals surface area contributed by atoms with Gasteiger partial charge < -0.3 is 21.7 Å². The first kappa shape index (κ1) is 13.4. The fourth-order valence-corrected chi connectivity index (χ4v) is 1.93. The molecular formula is C13H18N4O2. The molecule has 1 saturated heterocycles. The van der Waals surface area contributed by atoms with Crippen molar-refractivity contribution in [3.63, 3.8) is 0 Å². The maximum absolute atomic E-state index is 11.8. The number of hydrogen-bond acceptors (Lipinski definition) is 3. The molecule has 1 unspecified atom stereocenters. The normalized spacial score (nSPS) is 18.6. The van der Waals surface area contributed by atoms with E-state index in [-0.39, 0.29) is 18.0 Å². The third kappa shape index (κ3) is 3.96. The van der Waals surface area contributed by atoms with E-state index in [1.165, 1.54) is 0 Å². The van der Waals surface area contributed by atoms with Crippen LogP contribution in [-0.4, -0.2) is 24.5 Å². The summed E-state index contributed by atoms with van der Waals surface area (Å²) in [6.45, 7) is 0.965. The highest BCUT2D eigenvalue weighted by Crippen LogP contribution is 2.09. The molecule has 5 N–H and O–H groups in total. The Morgan fingerprint density at radius 2 is 2.11 bits per heavy atom. The summed E-state index contributed by atoms with van der Waals surface area (Å²) < 4.78 is 0. The van der Waals surface area contributed by atoms with Gasteiger partial charge in [0.25, 0.3) is 0 Å². The number of hydrogen-bond donors (Lipinski definition) is 4. The van der Waals surface area contributed by atoms with Crippen molar-refractivity contribution in [2.75, 3.05) is 11.9 Å². The Bertz CT molecular complexity index is 448. The summed E-state index contributed by atoms with van der Waals surface area (Å²) in [5.41, 5.74) is 7.23. The van der Waals surface area contributed by atoms with Gasteiger partial charge in [-0.05, 0) is 24.1 Å². The van der Waals surface area contributed by atoms with Crippen molar-refractivity contribution in [1.82, 2.24) is 10.6 Å². The minimum Gasteiger partial charge on any atom is -0.354 e. The first-order valence-electron chi connectivity index (χ1n) is 6.30. The molecule has 1 fully saturated rings. The third-order valence-corrected chi connectivity index (χ3v) is 3.05. The average molecular weight is 262 g/mol. The molecule has 1 aromatic rings. The molecule has 0 aromatic heterocycles. The maximum Gasteiger partial charge on any atom is 0.319 e. The molecule has 1 aliphatic heterocycles. The lowest BCUT2D eigenvalue weighted by Crippen LogP contribution is -2.48. The number of carbonyl (C=O) groups is 2. The van der Waals surface area contributed by atoms with Gasteiger partial charge in [-0.2, -0.15) is 0 Å². The number of anilines is 1.